The second-order valence-corrected chi connectivity index (χ2v) is 8.21. The number of hydrogen-bond donors (Lipinski definition) is 4. The van der Waals surface area contributed by atoms with Gasteiger partial charge in [0.25, 0.3) is 0 Å². The molecule has 0 spiro atoms. The van der Waals surface area contributed by atoms with Crippen molar-refractivity contribution in [3.63, 3.8) is 0 Å². The fourth-order valence-electron chi connectivity index (χ4n) is 1.57. The first-order chi connectivity index (χ1) is 8.76. The molecule has 114 valence electrons. The normalized spacial score (nSPS) is 36.5. The molecule has 1 saturated heterocycles. The Morgan fingerprint density at radius 3 is 2.21 bits per heavy atom. The van der Waals surface area contributed by atoms with E-state index in [0.717, 1.165) is 16.8 Å². The minimum atomic E-state index is -1.29. The van der Waals surface area contributed by atoms with Gasteiger partial charge >= 0.3 is 0 Å². The summed E-state index contributed by atoms with van der Waals surface area (Å²) in [6.45, 7) is 0.584. The molecule has 0 aromatic rings. The highest BCUT2D eigenvalue weighted by Gasteiger charge is 2.43. The summed E-state index contributed by atoms with van der Waals surface area (Å²) in [4.78, 5) is 0. The van der Waals surface area contributed by atoms with Crippen molar-refractivity contribution in [3.8, 4) is 0 Å². The first kappa shape index (κ1) is 17.5. The smallest absolute Gasteiger partial charge is 0.142 e. The van der Waals surface area contributed by atoms with Crippen LogP contribution in [0.4, 0.5) is 0 Å². The highest BCUT2D eigenvalue weighted by atomic mass is 33.1. The molecule has 1 aliphatic rings. The molecule has 5 atom stereocenters. The van der Waals surface area contributed by atoms with Crippen molar-refractivity contribution in [2.45, 2.75) is 29.9 Å². The molecule has 6 nitrogen and oxygen atoms in total. The molecule has 0 amide bonds. The van der Waals surface area contributed by atoms with E-state index >= 15 is 0 Å². The molecule has 4 N–H and O–H groups in total. The number of aliphatic hydroxyl groups excluding tert-OH is 4. The maximum absolute atomic E-state index is 9.83. The Kier molecular flexibility index (Phi) is 6.88. The lowest BCUT2D eigenvalue weighted by molar-refractivity contribution is -0.867. The van der Waals surface area contributed by atoms with Crippen molar-refractivity contribution in [2.75, 3.05) is 40.0 Å². The molecule has 19 heavy (non-hydrogen) atoms. The monoisotopic (exact) mass is 314 g/mol. The molecule has 1 rings (SSSR count). The van der Waals surface area contributed by atoms with Crippen LogP contribution in [0.3, 0.4) is 0 Å². The van der Waals surface area contributed by atoms with E-state index in [0.29, 0.717) is 0 Å². The van der Waals surface area contributed by atoms with Crippen LogP contribution in [-0.2, 0) is 4.74 Å². The molecule has 0 radical (unpaired) electrons. The number of nitrogens with zero attached hydrogens (tertiary/aromatic N) is 1. The van der Waals surface area contributed by atoms with Crippen molar-refractivity contribution in [1.82, 2.24) is 0 Å². The number of aliphatic hydroxyl groups is 4. The Morgan fingerprint density at radius 2 is 1.68 bits per heavy atom. The van der Waals surface area contributed by atoms with Crippen LogP contribution in [0.2, 0.25) is 0 Å². The van der Waals surface area contributed by atoms with Crippen LogP contribution in [0.5, 0.6) is 0 Å². The topological polar surface area (TPSA) is 90.2 Å². The summed E-state index contributed by atoms with van der Waals surface area (Å²) in [7, 11) is 9.16. The van der Waals surface area contributed by atoms with Crippen LogP contribution in [0, 0.1) is 0 Å². The van der Waals surface area contributed by atoms with E-state index in [-0.39, 0.29) is 6.61 Å². The Balaban J connectivity index is 2.40. The average molecular weight is 314 g/mol. The van der Waals surface area contributed by atoms with Crippen LogP contribution in [0.25, 0.3) is 0 Å². The van der Waals surface area contributed by atoms with Crippen LogP contribution < -0.4 is 0 Å². The zero-order chi connectivity index (χ0) is 14.6. The van der Waals surface area contributed by atoms with Crippen molar-refractivity contribution in [1.29, 1.82) is 0 Å². The van der Waals surface area contributed by atoms with E-state index in [1.54, 1.807) is 10.8 Å². The molecule has 1 fully saturated rings. The van der Waals surface area contributed by atoms with Gasteiger partial charge in [-0.1, -0.05) is 21.6 Å². The lowest BCUT2D eigenvalue weighted by Gasteiger charge is -2.39. The SMILES string of the molecule is C[N+](C)(C)CCSS[C@@H]1O[C@H](CO)[C@H](O)[C@H](O)[C@H]1O. The van der Waals surface area contributed by atoms with Gasteiger partial charge in [-0.15, -0.1) is 0 Å². The van der Waals surface area contributed by atoms with Gasteiger partial charge in [0, 0.05) is 0 Å². The van der Waals surface area contributed by atoms with Crippen molar-refractivity contribution >= 4 is 21.6 Å². The van der Waals surface area contributed by atoms with Gasteiger partial charge in [0.1, 0.15) is 29.9 Å². The van der Waals surface area contributed by atoms with Gasteiger partial charge in [-0.3, -0.25) is 0 Å². The van der Waals surface area contributed by atoms with E-state index in [1.165, 1.54) is 10.8 Å². The molecular weight excluding hydrogens is 290 g/mol. The van der Waals surface area contributed by atoms with Gasteiger partial charge in [-0.05, 0) is 0 Å². The molecule has 0 bridgehead atoms. The quantitative estimate of drug-likeness (QED) is 0.280. The lowest BCUT2D eigenvalue weighted by atomic mass is 10.0. The third-order valence-electron chi connectivity index (χ3n) is 2.86. The largest absolute Gasteiger partial charge is 0.394 e. The van der Waals surface area contributed by atoms with Crippen LogP contribution in [0.1, 0.15) is 0 Å². The zero-order valence-electron chi connectivity index (χ0n) is 11.5. The van der Waals surface area contributed by atoms with Gasteiger partial charge < -0.3 is 29.6 Å². The fraction of sp³-hybridized carbons (Fsp3) is 1.00. The summed E-state index contributed by atoms with van der Waals surface area (Å²) in [6, 6.07) is 0. The molecule has 0 saturated carbocycles. The number of hydrogen-bond acceptors (Lipinski definition) is 7. The minimum Gasteiger partial charge on any atom is -0.394 e. The Labute approximate surface area is 121 Å². The average Bonchev–Trinajstić information content (AvgIpc) is 2.33. The molecular formula is C11H24NO5S2+. The predicted octanol–water partition coefficient (Wildman–Crippen LogP) is -1.13. The summed E-state index contributed by atoms with van der Waals surface area (Å²) in [5.74, 6) is 0.878. The molecule has 1 heterocycles. The third-order valence-corrected chi connectivity index (χ3v) is 5.40. The Morgan fingerprint density at radius 1 is 1.05 bits per heavy atom. The van der Waals surface area contributed by atoms with Gasteiger partial charge in [0.15, 0.2) is 0 Å². The highest BCUT2D eigenvalue weighted by Crippen LogP contribution is 2.35. The van der Waals surface area contributed by atoms with Crippen molar-refractivity contribution in [3.05, 3.63) is 0 Å². The highest BCUT2D eigenvalue weighted by molar-refractivity contribution is 8.76. The van der Waals surface area contributed by atoms with Crippen LogP contribution >= 0.6 is 21.6 Å². The second kappa shape index (κ2) is 7.46. The molecule has 1 aliphatic heterocycles. The standard InChI is InChI=1S/C11H24NO5S2/c1-12(2,3)4-5-18-19-11-10(16)9(15)8(14)7(6-13)17-11/h7-11,13-16H,4-6H2,1-3H3/q+1/t7-,8+,9+,10-,11+/m1/s1. The summed E-state index contributed by atoms with van der Waals surface area (Å²) >= 11 is 0. The minimum absolute atomic E-state index is 0.383. The fourth-order valence-corrected chi connectivity index (χ4v) is 4.28. The Hall–Kier alpha value is 0.460. The summed E-state index contributed by atoms with van der Waals surface area (Å²) < 4.78 is 6.24. The molecule has 8 heteroatoms. The Bertz CT molecular complexity index is 274. The van der Waals surface area contributed by atoms with Gasteiger partial charge in [0.05, 0.1) is 40.0 Å². The van der Waals surface area contributed by atoms with E-state index < -0.39 is 29.9 Å². The number of quaternary nitrogens is 1. The second-order valence-electron chi connectivity index (χ2n) is 5.63. The van der Waals surface area contributed by atoms with Gasteiger partial charge in [-0.25, -0.2) is 0 Å². The maximum atomic E-state index is 9.83. The molecule has 0 aromatic heterocycles. The third kappa shape index (κ3) is 5.39. The van der Waals surface area contributed by atoms with E-state index in [4.69, 9.17) is 9.84 Å². The first-order valence-electron chi connectivity index (χ1n) is 6.15. The van der Waals surface area contributed by atoms with E-state index in [2.05, 4.69) is 21.1 Å². The van der Waals surface area contributed by atoms with Crippen molar-refractivity contribution in [2.24, 2.45) is 0 Å². The summed E-state index contributed by atoms with van der Waals surface area (Å²) in [6.07, 6.45) is -4.55. The van der Waals surface area contributed by atoms with E-state index in [1.807, 2.05) is 0 Å². The number of rotatable bonds is 6. The first-order valence-corrected chi connectivity index (χ1v) is 8.53. The zero-order valence-corrected chi connectivity index (χ0v) is 13.1. The summed E-state index contributed by atoms with van der Waals surface area (Å²) in [5.41, 5.74) is -0.645. The lowest BCUT2D eigenvalue weighted by Crippen LogP contribution is -2.57. The molecule has 0 aliphatic carbocycles. The molecule has 0 unspecified atom stereocenters. The van der Waals surface area contributed by atoms with Gasteiger partial charge in [0.2, 0.25) is 0 Å². The summed E-state index contributed by atoms with van der Waals surface area (Å²) in [5, 5.41) is 38.2. The van der Waals surface area contributed by atoms with E-state index in [9.17, 15) is 15.3 Å². The van der Waals surface area contributed by atoms with Crippen LogP contribution in [-0.4, -0.2) is 94.8 Å². The maximum Gasteiger partial charge on any atom is 0.142 e. The van der Waals surface area contributed by atoms with Crippen molar-refractivity contribution < 1.29 is 29.6 Å². The molecule has 0 aromatic carbocycles. The predicted molar refractivity (Wildman–Crippen MR) is 76.7 cm³/mol. The van der Waals surface area contributed by atoms with Crippen LogP contribution in [0.15, 0.2) is 0 Å². The van der Waals surface area contributed by atoms with Gasteiger partial charge in [-0.2, -0.15) is 0 Å². The number of ether oxygens (including phenoxy) is 1.